The van der Waals surface area contributed by atoms with Gasteiger partial charge in [-0.1, -0.05) is 12.1 Å². The normalized spacial score (nSPS) is 9.87. The summed E-state index contributed by atoms with van der Waals surface area (Å²) in [5.74, 6) is -0.0133. The minimum Gasteiger partial charge on any atom is -0.507 e. The third-order valence-corrected chi connectivity index (χ3v) is 2.14. The Bertz CT molecular complexity index is 537. The molecule has 0 saturated heterocycles. The van der Waals surface area contributed by atoms with E-state index in [1.165, 1.54) is 6.07 Å². The number of phenolic OH excluding ortho intramolecular Hbond substituents is 1. The molecule has 2 aromatic rings. The van der Waals surface area contributed by atoms with Gasteiger partial charge in [0.1, 0.15) is 17.4 Å². The molecule has 15 heavy (non-hydrogen) atoms. The molecule has 0 spiro atoms. The Balaban J connectivity index is 2.63. The van der Waals surface area contributed by atoms with Gasteiger partial charge in [0, 0.05) is 18.8 Å². The summed E-state index contributed by atoms with van der Waals surface area (Å²) in [7, 11) is 1.80. The standard InChI is InChI=1S/C11H9N3O/c1-14-6-5-10(13-14)8-3-2-4-11(15)9(8)7-12/h2-6,15H,1H3. The molecule has 2 rings (SSSR count). The third-order valence-electron chi connectivity index (χ3n) is 2.14. The number of aromatic hydroxyl groups is 1. The molecule has 1 heterocycles. The smallest absolute Gasteiger partial charge is 0.134 e. The molecule has 4 nitrogen and oxygen atoms in total. The fraction of sp³-hybridized carbons (Fsp3) is 0.0909. The second kappa shape index (κ2) is 3.46. The first kappa shape index (κ1) is 9.28. The van der Waals surface area contributed by atoms with Gasteiger partial charge in [0.2, 0.25) is 0 Å². The van der Waals surface area contributed by atoms with Crippen molar-refractivity contribution < 1.29 is 5.11 Å². The minimum absolute atomic E-state index is 0.0133. The molecule has 1 aromatic heterocycles. The summed E-state index contributed by atoms with van der Waals surface area (Å²) >= 11 is 0. The van der Waals surface area contributed by atoms with Crippen LogP contribution in [0.15, 0.2) is 30.5 Å². The molecular formula is C11H9N3O. The lowest BCUT2D eigenvalue weighted by molar-refractivity contribution is 0.474. The zero-order valence-electron chi connectivity index (χ0n) is 8.18. The van der Waals surface area contributed by atoms with Crippen LogP contribution >= 0.6 is 0 Å². The largest absolute Gasteiger partial charge is 0.507 e. The second-order valence-corrected chi connectivity index (χ2v) is 3.19. The van der Waals surface area contributed by atoms with Crippen LogP contribution in [-0.4, -0.2) is 14.9 Å². The van der Waals surface area contributed by atoms with Gasteiger partial charge in [-0.25, -0.2) is 0 Å². The maximum atomic E-state index is 9.50. The number of benzene rings is 1. The Hall–Kier alpha value is -2.28. The Labute approximate surface area is 87.0 Å². The second-order valence-electron chi connectivity index (χ2n) is 3.19. The number of nitriles is 1. The van der Waals surface area contributed by atoms with Crippen LogP contribution < -0.4 is 0 Å². The Morgan fingerprint density at radius 2 is 2.20 bits per heavy atom. The Morgan fingerprint density at radius 3 is 2.80 bits per heavy atom. The van der Waals surface area contributed by atoms with E-state index in [0.717, 1.165) is 0 Å². The van der Waals surface area contributed by atoms with E-state index in [1.54, 1.807) is 36.1 Å². The number of rotatable bonds is 1. The summed E-state index contributed by atoms with van der Waals surface area (Å²) < 4.78 is 1.65. The van der Waals surface area contributed by atoms with Crippen LogP contribution in [0.5, 0.6) is 5.75 Å². The first-order chi connectivity index (χ1) is 7.22. The Kier molecular flexibility index (Phi) is 2.14. The molecule has 0 unspecified atom stereocenters. The van der Waals surface area contributed by atoms with Crippen LogP contribution in [0.3, 0.4) is 0 Å². The highest BCUT2D eigenvalue weighted by Crippen LogP contribution is 2.27. The predicted molar refractivity (Wildman–Crippen MR) is 55.0 cm³/mol. The summed E-state index contributed by atoms with van der Waals surface area (Å²) in [4.78, 5) is 0. The monoisotopic (exact) mass is 199 g/mol. The number of hydrogen-bond donors (Lipinski definition) is 1. The number of phenols is 1. The first-order valence-electron chi connectivity index (χ1n) is 4.44. The molecule has 0 radical (unpaired) electrons. The molecule has 0 fully saturated rings. The maximum Gasteiger partial charge on any atom is 0.134 e. The highest BCUT2D eigenvalue weighted by Gasteiger charge is 2.10. The van der Waals surface area contributed by atoms with Gasteiger partial charge < -0.3 is 5.11 Å². The molecule has 0 saturated carbocycles. The van der Waals surface area contributed by atoms with Crippen LogP contribution in [-0.2, 0) is 7.05 Å². The van der Waals surface area contributed by atoms with Crippen molar-refractivity contribution in [2.45, 2.75) is 0 Å². The molecule has 1 aromatic carbocycles. The maximum absolute atomic E-state index is 9.50. The highest BCUT2D eigenvalue weighted by atomic mass is 16.3. The fourth-order valence-corrected chi connectivity index (χ4v) is 1.43. The first-order valence-corrected chi connectivity index (χ1v) is 4.44. The van der Waals surface area contributed by atoms with Gasteiger partial charge in [0.25, 0.3) is 0 Å². The van der Waals surface area contributed by atoms with Crippen LogP contribution in [0.25, 0.3) is 11.3 Å². The van der Waals surface area contributed by atoms with E-state index < -0.39 is 0 Å². The van der Waals surface area contributed by atoms with Gasteiger partial charge in [-0.2, -0.15) is 10.4 Å². The molecular weight excluding hydrogens is 190 g/mol. The van der Waals surface area contributed by atoms with E-state index in [4.69, 9.17) is 5.26 Å². The van der Waals surface area contributed by atoms with Crippen molar-refractivity contribution in [2.75, 3.05) is 0 Å². The summed E-state index contributed by atoms with van der Waals surface area (Å²) in [6, 6.07) is 8.72. The molecule has 0 aliphatic carbocycles. The van der Waals surface area contributed by atoms with Crippen LogP contribution in [0, 0.1) is 11.3 Å². The van der Waals surface area contributed by atoms with E-state index in [2.05, 4.69) is 5.10 Å². The molecule has 4 heteroatoms. The van der Waals surface area contributed by atoms with Gasteiger partial charge in [0.05, 0.1) is 5.69 Å². The average Bonchev–Trinajstić information content (AvgIpc) is 2.64. The van der Waals surface area contributed by atoms with Gasteiger partial charge in [-0.05, 0) is 12.1 Å². The SMILES string of the molecule is Cn1ccc(-c2cccc(O)c2C#N)n1. The number of nitrogens with zero attached hydrogens (tertiary/aromatic N) is 3. The van der Waals surface area contributed by atoms with Crippen LogP contribution in [0.2, 0.25) is 0 Å². The quantitative estimate of drug-likeness (QED) is 0.759. The van der Waals surface area contributed by atoms with Gasteiger partial charge in [-0.3, -0.25) is 4.68 Å². The lowest BCUT2D eigenvalue weighted by Gasteiger charge is -2.01. The molecule has 0 bridgehead atoms. The van der Waals surface area contributed by atoms with Crippen LogP contribution in [0.4, 0.5) is 0 Å². The van der Waals surface area contributed by atoms with Crippen molar-refractivity contribution in [2.24, 2.45) is 7.05 Å². The number of aryl methyl sites for hydroxylation is 1. The van der Waals surface area contributed by atoms with Gasteiger partial charge >= 0.3 is 0 Å². The molecule has 0 aliphatic heterocycles. The van der Waals surface area contributed by atoms with Crippen molar-refractivity contribution in [1.29, 1.82) is 5.26 Å². The lowest BCUT2D eigenvalue weighted by Crippen LogP contribution is -1.90. The average molecular weight is 199 g/mol. The van der Waals surface area contributed by atoms with Gasteiger partial charge in [0.15, 0.2) is 0 Å². The number of aromatic nitrogens is 2. The summed E-state index contributed by atoms with van der Waals surface area (Å²) in [5, 5.41) is 22.6. The van der Waals surface area contributed by atoms with Crippen molar-refractivity contribution >= 4 is 0 Å². The zero-order chi connectivity index (χ0) is 10.8. The van der Waals surface area contributed by atoms with Gasteiger partial charge in [-0.15, -0.1) is 0 Å². The van der Waals surface area contributed by atoms with E-state index in [1.807, 2.05) is 6.07 Å². The predicted octanol–water partition coefficient (Wildman–Crippen LogP) is 1.66. The van der Waals surface area contributed by atoms with Crippen molar-refractivity contribution in [3.05, 3.63) is 36.0 Å². The molecule has 0 atom stereocenters. The van der Waals surface area contributed by atoms with Crippen molar-refractivity contribution in [3.63, 3.8) is 0 Å². The topological polar surface area (TPSA) is 61.8 Å². The van der Waals surface area contributed by atoms with E-state index in [9.17, 15) is 5.11 Å². The summed E-state index contributed by atoms with van der Waals surface area (Å²) in [6.07, 6.45) is 1.79. The minimum atomic E-state index is -0.0133. The van der Waals surface area contributed by atoms with E-state index in [-0.39, 0.29) is 11.3 Å². The fourth-order valence-electron chi connectivity index (χ4n) is 1.43. The van der Waals surface area contributed by atoms with E-state index >= 15 is 0 Å². The molecule has 1 N–H and O–H groups in total. The van der Waals surface area contributed by atoms with Crippen molar-refractivity contribution in [1.82, 2.24) is 9.78 Å². The summed E-state index contributed by atoms with van der Waals surface area (Å²) in [5.41, 5.74) is 1.60. The Morgan fingerprint density at radius 1 is 1.40 bits per heavy atom. The third kappa shape index (κ3) is 1.55. The highest BCUT2D eigenvalue weighted by molar-refractivity contribution is 5.70. The number of hydrogen-bond acceptors (Lipinski definition) is 3. The zero-order valence-corrected chi connectivity index (χ0v) is 8.18. The molecule has 0 amide bonds. The molecule has 0 aliphatic rings. The van der Waals surface area contributed by atoms with Crippen molar-refractivity contribution in [3.8, 4) is 23.1 Å². The lowest BCUT2D eigenvalue weighted by atomic mass is 10.0. The summed E-state index contributed by atoms with van der Waals surface area (Å²) in [6.45, 7) is 0. The molecule has 74 valence electrons. The van der Waals surface area contributed by atoms with Crippen LogP contribution in [0.1, 0.15) is 5.56 Å². The van der Waals surface area contributed by atoms with E-state index in [0.29, 0.717) is 11.3 Å².